The summed E-state index contributed by atoms with van der Waals surface area (Å²) in [6.07, 6.45) is 6.07. The van der Waals surface area contributed by atoms with Crippen LogP contribution < -0.4 is 4.74 Å². The molecule has 1 aromatic carbocycles. The quantitative estimate of drug-likeness (QED) is 0.821. The summed E-state index contributed by atoms with van der Waals surface area (Å²) < 4.78 is 8.01. The molecule has 0 spiro atoms. The van der Waals surface area contributed by atoms with Crippen LogP contribution in [0.15, 0.2) is 36.9 Å². The van der Waals surface area contributed by atoms with E-state index in [1.54, 1.807) is 12.7 Å². The third-order valence-corrected chi connectivity index (χ3v) is 4.22. The summed E-state index contributed by atoms with van der Waals surface area (Å²) in [6, 6.07) is 8.30. The van der Waals surface area contributed by atoms with E-state index in [1.165, 1.54) is 24.9 Å². The molecule has 0 aliphatic carbocycles. The minimum atomic E-state index is 0.621. The number of rotatable bonds is 6. The van der Waals surface area contributed by atoms with E-state index in [0.29, 0.717) is 5.92 Å². The Morgan fingerprint density at radius 3 is 2.91 bits per heavy atom. The lowest BCUT2D eigenvalue weighted by molar-refractivity contribution is 0.127. The van der Waals surface area contributed by atoms with Crippen molar-refractivity contribution in [3.05, 3.63) is 42.5 Å². The van der Waals surface area contributed by atoms with Crippen molar-refractivity contribution in [3.63, 3.8) is 0 Å². The van der Waals surface area contributed by atoms with Crippen molar-refractivity contribution in [1.82, 2.24) is 19.7 Å². The number of aromatic nitrogens is 3. The van der Waals surface area contributed by atoms with Crippen molar-refractivity contribution in [2.24, 2.45) is 5.92 Å². The van der Waals surface area contributed by atoms with Crippen molar-refractivity contribution in [2.45, 2.75) is 26.3 Å². The Balaban J connectivity index is 1.44. The van der Waals surface area contributed by atoms with E-state index in [4.69, 9.17) is 4.74 Å². The van der Waals surface area contributed by atoms with Crippen LogP contribution in [0.5, 0.6) is 5.75 Å². The molecule has 0 radical (unpaired) electrons. The zero-order valence-corrected chi connectivity index (χ0v) is 13.2. The standard InChI is InChI=1S/C17H24N4O/c1-15-4-2-6-17(10-15)22-12-16-5-3-7-20(11-16)8-9-21-13-18-19-14-21/h2,4,6,10,13-14,16H,3,5,7-9,11-12H2,1H3. The fourth-order valence-electron chi connectivity index (χ4n) is 3.00. The van der Waals surface area contributed by atoms with E-state index in [-0.39, 0.29) is 0 Å². The molecule has 118 valence electrons. The highest BCUT2D eigenvalue weighted by molar-refractivity contribution is 5.27. The number of hydrogen-bond donors (Lipinski definition) is 0. The highest BCUT2D eigenvalue weighted by atomic mass is 16.5. The molecule has 3 rings (SSSR count). The molecule has 0 amide bonds. The topological polar surface area (TPSA) is 43.2 Å². The second-order valence-corrected chi connectivity index (χ2v) is 6.14. The summed E-state index contributed by atoms with van der Waals surface area (Å²) in [5.74, 6) is 1.61. The SMILES string of the molecule is Cc1cccc(OCC2CCCN(CCn3cnnc3)C2)c1. The summed E-state index contributed by atoms with van der Waals surface area (Å²) in [5, 5.41) is 7.69. The van der Waals surface area contributed by atoms with E-state index in [0.717, 1.165) is 32.0 Å². The van der Waals surface area contributed by atoms with Crippen LogP contribution in [0.25, 0.3) is 0 Å². The van der Waals surface area contributed by atoms with Crippen LogP contribution in [0.1, 0.15) is 18.4 Å². The Labute approximate surface area is 131 Å². The number of likely N-dealkylation sites (tertiary alicyclic amines) is 1. The van der Waals surface area contributed by atoms with Gasteiger partial charge in [0.15, 0.2) is 0 Å². The minimum absolute atomic E-state index is 0.621. The lowest BCUT2D eigenvalue weighted by Crippen LogP contribution is -2.39. The largest absolute Gasteiger partial charge is 0.493 e. The van der Waals surface area contributed by atoms with Crippen molar-refractivity contribution in [3.8, 4) is 5.75 Å². The van der Waals surface area contributed by atoms with Crippen molar-refractivity contribution >= 4 is 0 Å². The predicted molar refractivity (Wildman–Crippen MR) is 85.9 cm³/mol. The predicted octanol–water partition coefficient (Wildman–Crippen LogP) is 2.38. The summed E-state index contributed by atoms with van der Waals surface area (Å²) in [5.41, 5.74) is 1.25. The molecule has 1 aromatic heterocycles. The van der Waals surface area contributed by atoms with Gasteiger partial charge in [0, 0.05) is 25.6 Å². The van der Waals surface area contributed by atoms with Gasteiger partial charge in [-0.05, 0) is 44.0 Å². The number of benzene rings is 1. The molecular formula is C17H24N4O. The van der Waals surface area contributed by atoms with Gasteiger partial charge >= 0.3 is 0 Å². The second-order valence-electron chi connectivity index (χ2n) is 6.14. The molecule has 1 saturated heterocycles. The van der Waals surface area contributed by atoms with Crippen molar-refractivity contribution in [1.29, 1.82) is 0 Å². The number of piperidine rings is 1. The van der Waals surface area contributed by atoms with E-state index >= 15 is 0 Å². The Bertz CT molecular complexity index is 570. The van der Waals surface area contributed by atoms with Gasteiger partial charge in [0.25, 0.3) is 0 Å². The maximum atomic E-state index is 5.97. The summed E-state index contributed by atoms with van der Waals surface area (Å²) in [4.78, 5) is 2.52. The summed E-state index contributed by atoms with van der Waals surface area (Å²) in [7, 11) is 0. The Kier molecular flexibility index (Phi) is 5.06. The fraction of sp³-hybridized carbons (Fsp3) is 0.529. The average Bonchev–Trinajstić information content (AvgIpc) is 3.05. The van der Waals surface area contributed by atoms with E-state index in [1.807, 2.05) is 10.6 Å². The van der Waals surface area contributed by atoms with Crippen molar-refractivity contribution < 1.29 is 4.74 Å². The second kappa shape index (κ2) is 7.40. The van der Waals surface area contributed by atoms with Gasteiger partial charge in [-0.15, -0.1) is 10.2 Å². The van der Waals surface area contributed by atoms with Gasteiger partial charge in [0.05, 0.1) is 6.61 Å². The minimum Gasteiger partial charge on any atom is -0.493 e. The Hall–Kier alpha value is -1.88. The molecule has 2 heterocycles. The summed E-state index contributed by atoms with van der Waals surface area (Å²) >= 11 is 0. The van der Waals surface area contributed by atoms with E-state index < -0.39 is 0 Å². The molecule has 2 aromatic rings. The zero-order chi connectivity index (χ0) is 15.2. The highest BCUT2D eigenvalue weighted by Crippen LogP contribution is 2.19. The molecule has 0 saturated carbocycles. The van der Waals surface area contributed by atoms with Gasteiger partial charge in [-0.1, -0.05) is 12.1 Å². The maximum absolute atomic E-state index is 5.97. The zero-order valence-electron chi connectivity index (χ0n) is 13.2. The molecule has 0 N–H and O–H groups in total. The van der Waals surface area contributed by atoms with Crippen LogP contribution in [0.3, 0.4) is 0 Å². The fourth-order valence-corrected chi connectivity index (χ4v) is 3.00. The number of aryl methyl sites for hydroxylation is 1. The van der Waals surface area contributed by atoms with Gasteiger partial charge < -0.3 is 14.2 Å². The molecule has 0 bridgehead atoms. The number of ether oxygens (including phenoxy) is 1. The van der Waals surface area contributed by atoms with Crippen molar-refractivity contribution in [2.75, 3.05) is 26.2 Å². The summed E-state index contributed by atoms with van der Waals surface area (Å²) in [6.45, 7) is 7.22. The first kappa shape index (κ1) is 15.0. The third-order valence-electron chi connectivity index (χ3n) is 4.22. The molecule has 1 aliphatic heterocycles. The molecule has 1 fully saturated rings. The first-order valence-electron chi connectivity index (χ1n) is 8.04. The molecule has 22 heavy (non-hydrogen) atoms. The van der Waals surface area contributed by atoms with Gasteiger partial charge in [-0.3, -0.25) is 0 Å². The smallest absolute Gasteiger partial charge is 0.119 e. The number of hydrogen-bond acceptors (Lipinski definition) is 4. The molecule has 1 atom stereocenters. The average molecular weight is 300 g/mol. The van der Waals surface area contributed by atoms with Crippen LogP contribution in [-0.4, -0.2) is 45.9 Å². The Morgan fingerprint density at radius 2 is 2.09 bits per heavy atom. The Morgan fingerprint density at radius 1 is 1.23 bits per heavy atom. The monoisotopic (exact) mass is 300 g/mol. The molecule has 5 heteroatoms. The lowest BCUT2D eigenvalue weighted by Gasteiger charge is -2.32. The molecule has 1 unspecified atom stereocenters. The van der Waals surface area contributed by atoms with E-state index in [9.17, 15) is 0 Å². The first-order valence-corrected chi connectivity index (χ1v) is 8.04. The van der Waals surface area contributed by atoms with Crippen LogP contribution in [0, 0.1) is 12.8 Å². The van der Waals surface area contributed by atoms with E-state index in [2.05, 4.69) is 40.2 Å². The first-order chi connectivity index (χ1) is 10.8. The van der Waals surface area contributed by atoms with Gasteiger partial charge in [0.2, 0.25) is 0 Å². The van der Waals surface area contributed by atoms with Gasteiger partial charge in [-0.25, -0.2) is 0 Å². The van der Waals surface area contributed by atoms with Crippen LogP contribution in [0.2, 0.25) is 0 Å². The van der Waals surface area contributed by atoms with Gasteiger partial charge in [0.1, 0.15) is 18.4 Å². The molecule has 1 aliphatic rings. The number of nitrogens with zero attached hydrogens (tertiary/aromatic N) is 4. The maximum Gasteiger partial charge on any atom is 0.119 e. The molecular weight excluding hydrogens is 276 g/mol. The van der Waals surface area contributed by atoms with Gasteiger partial charge in [-0.2, -0.15) is 0 Å². The third kappa shape index (κ3) is 4.31. The normalized spacial score (nSPS) is 19.2. The molecule has 5 nitrogen and oxygen atoms in total. The highest BCUT2D eigenvalue weighted by Gasteiger charge is 2.20. The lowest BCUT2D eigenvalue weighted by atomic mass is 9.99. The van der Waals surface area contributed by atoms with Crippen LogP contribution in [-0.2, 0) is 6.54 Å². The van der Waals surface area contributed by atoms with Crippen LogP contribution in [0.4, 0.5) is 0 Å². The van der Waals surface area contributed by atoms with Crippen LogP contribution >= 0.6 is 0 Å².